The third-order valence-electron chi connectivity index (χ3n) is 5.27. The van der Waals surface area contributed by atoms with Crippen LogP contribution in [0, 0.1) is 5.82 Å². The summed E-state index contributed by atoms with van der Waals surface area (Å²) in [6.07, 6.45) is 1.33. The van der Waals surface area contributed by atoms with Gasteiger partial charge in [-0.3, -0.25) is 9.78 Å². The topological polar surface area (TPSA) is 74.5 Å². The Bertz CT molecular complexity index is 1130. The van der Waals surface area contributed by atoms with Gasteiger partial charge in [-0.15, -0.1) is 0 Å². The summed E-state index contributed by atoms with van der Waals surface area (Å²) in [6, 6.07) is 8.49. The molecule has 0 atom stereocenters. The van der Waals surface area contributed by atoms with E-state index in [0.717, 1.165) is 13.1 Å². The van der Waals surface area contributed by atoms with E-state index in [1.807, 2.05) is 11.9 Å². The first-order valence-electron chi connectivity index (χ1n) is 9.42. The fraction of sp³-hybridized carbons (Fsp3) is 0.238. The van der Waals surface area contributed by atoms with Gasteiger partial charge in [-0.1, -0.05) is 29.3 Å². The second-order valence-corrected chi connectivity index (χ2v) is 8.01. The lowest BCUT2D eigenvalue weighted by molar-refractivity contribution is 0.100. The molecule has 1 aliphatic heterocycles. The summed E-state index contributed by atoms with van der Waals surface area (Å²) in [6.45, 7) is 3.07. The summed E-state index contributed by atoms with van der Waals surface area (Å²) in [7, 11) is 2.04. The van der Waals surface area contributed by atoms with Crippen molar-refractivity contribution >= 4 is 57.1 Å². The molecular weight excluding hydrogens is 428 g/mol. The van der Waals surface area contributed by atoms with Gasteiger partial charge < -0.3 is 20.9 Å². The van der Waals surface area contributed by atoms with Gasteiger partial charge in [0.05, 0.1) is 43.6 Å². The van der Waals surface area contributed by atoms with Gasteiger partial charge in [0.15, 0.2) is 5.82 Å². The van der Waals surface area contributed by atoms with E-state index in [1.54, 1.807) is 30.3 Å². The quantitative estimate of drug-likeness (QED) is 0.624. The van der Waals surface area contributed by atoms with Crippen LogP contribution >= 0.6 is 23.2 Å². The number of benzene rings is 2. The Morgan fingerprint density at radius 3 is 2.60 bits per heavy atom. The zero-order valence-electron chi connectivity index (χ0n) is 16.3. The lowest BCUT2D eigenvalue weighted by Crippen LogP contribution is -2.44. The lowest BCUT2D eigenvalue weighted by Gasteiger charge is -2.34. The maximum Gasteiger partial charge on any atom is 0.252 e. The highest BCUT2D eigenvalue weighted by atomic mass is 35.5. The molecule has 0 saturated carbocycles. The molecule has 1 aromatic heterocycles. The first-order chi connectivity index (χ1) is 14.4. The van der Waals surface area contributed by atoms with Crippen molar-refractivity contribution in [2.45, 2.75) is 0 Å². The van der Waals surface area contributed by atoms with Crippen molar-refractivity contribution in [1.29, 1.82) is 0 Å². The van der Waals surface area contributed by atoms with Crippen molar-refractivity contribution < 1.29 is 9.18 Å². The Morgan fingerprint density at radius 2 is 1.90 bits per heavy atom. The molecular formula is C21H20Cl2FN5O. The van der Waals surface area contributed by atoms with E-state index >= 15 is 4.39 Å². The highest BCUT2D eigenvalue weighted by Crippen LogP contribution is 2.38. The predicted molar refractivity (Wildman–Crippen MR) is 120 cm³/mol. The highest BCUT2D eigenvalue weighted by Gasteiger charge is 2.23. The number of rotatable bonds is 4. The molecule has 156 valence electrons. The van der Waals surface area contributed by atoms with E-state index in [2.05, 4.69) is 15.2 Å². The number of aromatic nitrogens is 1. The number of carbonyl (C=O) groups is 1. The third kappa shape index (κ3) is 3.76. The number of nitrogens with zero attached hydrogens (tertiary/aromatic N) is 3. The van der Waals surface area contributed by atoms with E-state index in [-0.39, 0.29) is 21.7 Å². The van der Waals surface area contributed by atoms with Crippen molar-refractivity contribution in [3.05, 3.63) is 58.0 Å². The van der Waals surface area contributed by atoms with Gasteiger partial charge in [0.2, 0.25) is 0 Å². The first-order valence-corrected chi connectivity index (χ1v) is 10.2. The molecule has 4 rings (SSSR count). The van der Waals surface area contributed by atoms with Gasteiger partial charge in [0, 0.05) is 32.4 Å². The van der Waals surface area contributed by atoms with Crippen LogP contribution < -0.4 is 16.0 Å². The van der Waals surface area contributed by atoms with Crippen LogP contribution in [-0.4, -0.2) is 49.0 Å². The summed E-state index contributed by atoms with van der Waals surface area (Å²) in [5, 5.41) is 3.83. The minimum absolute atomic E-state index is 0.0629. The maximum absolute atomic E-state index is 15.8. The van der Waals surface area contributed by atoms with Crippen molar-refractivity contribution in [3.63, 3.8) is 0 Å². The van der Waals surface area contributed by atoms with Crippen molar-refractivity contribution in [3.8, 4) is 0 Å². The smallest absolute Gasteiger partial charge is 0.252 e. The number of halogens is 3. The molecule has 0 radical (unpaired) electrons. The summed E-state index contributed by atoms with van der Waals surface area (Å²) >= 11 is 12.4. The second kappa shape index (κ2) is 8.26. The summed E-state index contributed by atoms with van der Waals surface area (Å²) < 4.78 is 15.8. The Kier molecular flexibility index (Phi) is 5.69. The van der Waals surface area contributed by atoms with Crippen molar-refractivity contribution in [2.24, 2.45) is 5.73 Å². The Hall–Kier alpha value is -2.61. The van der Waals surface area contributed by atoms with E-state index in [9.17, 15) is 4.79 Å². The number of hydrogen-bond acceptors (Lipinski definition) is 5. The van der Waals surface area contributed by atoms with Crippen LogP contribution in [0.25, 0.3) is 10.9 Å². The monoisotopic (exact) mass is 447 g/mol. The number of fused-ring (bicyclic) bond motifs is 1. The number of hydrogen-bond donors (Lipinski definition) is 2. The van der Waals surface area contributed by atoms with Gasteiger partial charge in [0.25, 0.3) is 5.91 Å². The zero-order chi connectivity index (χ0) is 21.4. The van der Waals surface area contributed by atoms with Crippen LogP contribution in [0.2, 0.25) is 10.0 Å². The molecule has 0 bridgehead atoms. The standard InChI is InChI=1S/C21H20Cl2FN5O/c1-28-7-9-29(10-8-28)16-6-5-14-17(19(16)24)20(12(11-26-14)21(25)30)27-15-4-2-3-13(22)18(15)23/h2-6,11H,7-10H2,1H3,(H2,25,30)(H,26,27). The molecule has 1 saturated heterocycles. The molecule has 0 unspecified atom stereocenters. The molecule has 2 heterocycles. The molecule has 2 aromatic carbocycles. The van der Waals surface area contributed by atoms with Crippen LogP contribution in [0.1, 0.15) is 10.4 Å². The van der Waals surface area contributed by atoms with Crippen LogP contribution in [0.5, 0.6) is 0 Å². The molecule has 9 heteroatoms. The summed E-state index contributed by atoms with van der Waals surface area (Å²) in [4.78, 5) is 20.5. The number of carbonyl (C=O) groups excluding carboxylic acids is 1. The molecule has 3 N–H and O–H groups in total. The summed E-state index contributed by atoms with van der Waals surface area (Å²) in [5.41, 5.74) is 7.12. The zero-order valence-corrected chi connectivity index (χ0v) is 17.8. The number of nitrogens with one attached hydrogen (secondary N) is 1. The van der Waals surface area contributed by atoms with E-state index < -0.39 is 11.7 Å². The number of amides is 1. The number of likely N-dealkylation sites (N-methyl/N-ethyl adjacent to an activating group) is 1. The molecule has 1 amide bonds. The van der Waals surface area contributed by atoms with E-state index in [0.29, 0.717) is 35.0 Å². The van der Waals surface area contributed by atoms with E-state index in [4.69, 9.17) is 28.9 Å². The largest absolute Gasteiger partial charge is 0.367 e. The number of pyridine rings is 1. The van der Waals surface area contributed by atoms with Gasteiger partial charge >= 0.3 is 0 Å². The van der Waals surface area contributed by atoms with Gasteiger partial charge in [0.1, 0.15) is 0 Å². The summed E-state index contributed by atoms with van der Waals surface area (Å²) in [5.74, 6) is -1.19. The number of anilines is 3. The lowest BCUT2D eigenvalue weighted by atomic mass is 10.1. The highest BCUT2D eigenvalue weighted by molar-refractivity contribution is 6.43. The average molecular weight is 448 g/mol. The SMILES string of the molecule is CN1CCN(c2ccc3ncc(C(N)=O)c(Nc4cccc(Cl)c4Cl)c3c2F)CC1. The van der Waals surface area contributed by atoms with Crippen LogP contribution in [-0.2, 0) is 0 Å². The predicted octanol–water partition coefficient (Wildman–Crippen LogP) is 4.28. The molecule has 1 fully saturated rings. The minimum Gasteiger partial charge on any atom is -0.367 e. The number of primary amides is 1. The molecule has 6 nitrogen and oxygen atoms in total. The third-order valence-corrected chi connectivity index (χ3v) is 6.09. The van der Waals surface area contributed by atoms with Gasteiger partial charge in [-0.05, 0) is 31.3 Å². The molecule has 30 heavy (non-hydrogen) atoms. The Balaban J connectivity index is 1.89. The van der Waals surface area contributed by atoms with Crippen LogP contribution in [0.15, 0.2) is 36.5 Å². The first kappa shape index (κ1) is 20.7. The van der Waals surface area contributed by atoms with Crippen LogP contribution in [0.4, 0.5) is 21.5 Å². The molecule has 1 aliphatic rings. The van der Waals surface area contributed by atoms with E-state index in [1.165, 1.54) is 6.20 Å². The van der Waals surface area contributed by atoms with Crippen LogP contribution in [0.3, 0.4) is 0 Å². The number of piperazine rings is 1. The van der Waals surface area contributed by atoms with Crippen molar-refractivity contribution in [2.75, 3.05) is 43.4 Å². The van der Waals surface area contributed by atoms with Gasteiger partial charge in [-0.2, -0.15) is 0 Å². The Labute approximate surface area is 183 Å². The normalized spacial score (nSPS) is 14.9. The Morgan fingerprint density at radius 1 is 1.17 bits per heavy atom. The fourth-order valence-electron chi connectivity index (χ4n) is 3.58. The van der Waals surface area contributed by atoms with Crippen molar-refractivity contribution in [1.82, 2.24) is 9.88 Å². The van der Waals surface area contributed by atoms with Gasteiger partial charge in [-0.25, -0.2) is 4.39 Å². The number of nitrogens with two attached hydrogens (primary N) is 1. The average Bonchev–Trinajstić information content (AvgIpc) is 2.72. The minimum atomic E-state index is -0.727. The molecule has 0 aliphatic carbocycles. The molecule has 0 spiro atoms. The molecule has 3 aromatic rings. The second-order valence-electron chi connectivity index (χ2n) is 7.22. The fourth-order valence-corrected chi connectivity index (χ4v) is 3.92. The maximum atomic E-state index is 15.8.